The number of halogens is 1. The summed E-state index contributed by atoms with van der Waals surface area (Å²) in [4.78, 5) is 10.7. The molecule has 2 aromatic rings. The van der Waals surface area contributed by atoms with Crippen molar-refractivity contribution in [3.05, 3.63) is 29.0 Å². The molecule has 0 fully saturated rings. The minimum Gasteiger partial charge on any atom is -0.495 e. The van der Waals surface area contributed by atoms with Crippen molar-refractivity contribution < 1.29 is 19.1 Å². The Bertz CT molecular complexity index is 529. The van der Waals surface area contributed by atoms with Crippen LogP contribution in [-0.2, 0) is 0 Å². The summed E-state index contributed by atoms with van der Waals surface area (Å²) < 4.78 is 10.1. The number of hydrogen-bond acceptors (Lipinski definition) is 3. The van der Waals surface area contributed by atoms with Crippen LogP contribution < -0.4 is 4.74 Å². The summed E-state index contributed by atoms with van der Waals surface area (Å²) in [7, 11) is 1.48. The van der Waals surface area contributed by atoms with Gasteiger partial charge in [-0.3, -0.25) is 0 Å². The molecule has 1 aromatic carbocycles. The lowest BCUT2D eigenvalue weighted by Gasteiger charge is -2.00. The van der Waals surface area contributed by atoms with E-state index in [4.69, 9.17) is 25.9 Å². The van der Waals surface area contributed by atoms with Crippen LogP contribution in [0.3, 0.4) is 0 Å². The van der Waals surface area contributed by atoms with E-state index >= 15 is 0 Å². The van der Waals surface area contributed by atoms with Gasteiger partial charge in [0.15, 0.2) is 0 Å². The smallest absolute Gasteiger partial charge is 0.371 e. The van der Waals surface area contributed by atoms with E-state index in [9.17, 15) is 4.79 Å². The molecule has 0 unspecified atom stereocenters. The van der Waals surface area contributed by atoms with E-state index in [1.165, 1.54) is 13.2 Å². The van der Waals surface area contributed by atoms with Crippen LogP contribution in [0.5, 0.6) is 5.75 Å². The molecule has 0 radical (unpaired) electrons. The van der Waals surface area contributed by atoms with Crippen molar-refractivity contribution >= 4 is 28.5 Å². The zero-order valence-corrected chi connectivity index (χ0v) is 8.54. The molecule has 0 saturated carbocycles. The molecule has 0 saturated heterocycles. The van der Waals surface area contributed by atoms with Gasteiger partial charge in [-0.15, -0.1) is 0 Å². The highest BCUT2D eigenvalue weighted by Crippen LogP contribution is 2.31. The van der Waals surface area contributed by atoms with Gasteiger partial charge in [-0.2, -0.15) is 0 Å². The fraction of sp³-hybridized carbons (Fsp3) is 0.100. The number of furan rings is 1. The Balaban J connectivity index is 2.66. The molecule has 0 amide bonds. The highest BCUT2D eigenvalue weighted by Gasteiger charge is 2.12. The van der Waals surface area contributed by atoms with Crippen molar-refractivity contribution in [1.82, 2.24) is 0 Å². The van der Waals surface area contributed by atoms with Crippen molar-refractivity contribution in [2.75, 3.05) is 7.11 Å². The van der Waals surface area contributed by atoms with E-state index in [-0.39, 0.29) is 5.76 Å². The first kappa shape index (κ1) is 9.86. The molecule has 0 spiro atoms. The summed E-state index contributed by atoms with van der Waals surface area (Å²) >= 11 is 5.88. The van der Waals surface area contributed by atoms with Gasteiger partial charge in [-0.05, 0) is 12.1 Å². The first-order valence-electron chi connectivity index (χ1n) is 4.12. The molecule has 0 atom stereocenters. The third-order valence-electron chi connectivity index (χ3n) is 2.00. The third kappa shape index (κ3) is 1.64. The van der Waals surface area contributed by atoms with Crippen molar-refractivity contribution in [2.24, 2.45) is 0 Å². The van der Waals surface area contributed by atoms with E-state index in [1.807, 2.05) is 0 Å². The maximum Gasteiger partial charge on any atom is 0.371 e. The molecular weight excluding hydrogens is 220 g/mol. The summed E-state index contributed by atoms with van der Waals surface area (Å²) in [6.45, 7) is 0. The van der Waals surface area contributed by atoms with Gasteiger partial charge < -0.3 is 14.3 Å². The molecule has 0 aliphatic rings. The van der Waals surface area contributed by atoms with Crippen LogP contribution in [0.1, 0.15) is 10.6 Å². The fourth-order valence-corrected chi connectivity index (χ4v) is 1.55. The van der Waals surface area contributed by atoms with Gasteiger partial charge in [0, 0.05) is 11.5 Å². The summed E-state index contributed by atoms with van der Waals surface area (Å²) in [5.74, 6) is -0.772. The lowest BCUT2D eigenvalue weighted by atomic mass is 10.2. The highest BCUT2D eigenvalue weighted by molar-refractivity contribution is 6.32. The number of methoxy groups -OCH3 is 1. The lowest BCUT2D eigenvalue weighted by molar-refractivity contribution is 0.0665. The Morgan fingerprint density at radius 3 is 2.80 bits per heavy atom. The number of rotatable bonds is 2. The molecule has 5 heteroatoms. The Hall–Kier alpha value is -1.68. The Labute approximate surface area is 90.0 Å². The SMILES string of the molecule is COc1cc2oc(C(=O)O)cc2cc1Cl. The largest absolute Gasteiger partial charge is 0.495 e. The molecule has 0 aliphatic heterocycles. The number of carbonyl (C=O) groups is 1. The number of carboxylic acid groups (broad SMARTS) is 1. The number of aromatic carboxylic acids is 1. The van der Waals surface area contributed by atoms with Crippen LogP contribution >= 0.6 is 11.6 Å². The van der Waals surface area contributed by atoms with Crippen LogP contribution in [0.15, 0.2) is 22.6 Å². The van der Waals surface area contributed by atoms with E-state index in [0.717, 1.165) is 0 Å². The molecule has 15 heavy (non-hydrogen) atoms. The molecule has 0 bridgehead atoms. The summed E-state index contributed by atoms with van der Waals surface area (Å²) in [6, 6.07) is 4.58. The van der Waals surface area contributed by atoms with Gasteiger partial charge in [0.05, 0.1) is 12.1 Å². The Morgan fingerprint density at radius 1 is 1.47 bits per heavy atom. The van der Waals surface area contributed by atoms with Crippen LogP contribution in [-0.4, -0.2) is 18.2 Å². The molecular formula is C10H7ClO4. The predicted octanol–water partition coefficient (Wildman–Crippen LogP) is 2.79. The number of fused-ring (bicyclic) bond motifs is 1. The van der Waals surface area contributed by atoms with Gasteiger partial charge in [0.1, 0.15) is 11.3 Å². The summed E-state index contributed by atoms with van der Waals surface area (Å²) in [6.07, 6.45) is 0. The average molecular weight is 227 g/mol. The standard InChI is InChI=1S/C10H7ClO4/c1-14-8-4-7-5(2-6(8)11)3-9(15-7)10(12)13/h2-4H,1H3,(H,12,13). The molecule has 1 aromatic heterocycles. The number of benzene rings is 1. The van der Waals surface area contributed by atoms with Crippen molar-refractivity contribution in [3.63, 3.8) is 0 Å². The zero-order chi connectivity index (χ0) is 11.0. The lowest BCUT2D eigenvalue weighted by Crippen LogP contribution is -1.91. The quantitative estimate of drug-likeness (QED) is 0.855. The third-order valence-corrected chi connectivity index (χ3v) is 2.30. The highest BCUT2D eigenvalue weighted by atomic mass is 35.5. The van der Waals surface area contributed by atoms with Crippen LogP contribution in [0.4, 0.5) is 0 Å². The van der Waals surface area contributed by atoms with Gasteiger partial charge in [0.2, 0.25) is 5.76 Å². The fourth-order valence-electron chi connectivity index (χ4n) is 1.30. The van der Waals surface area contributed by atoms with Crippen LogP contribution in [0.2, 0.25) is 5.02 Å². The minimum atomic E-state index is -1.11. The first-order valence-corrected chi connectivity index (χ1v) is 4.50. The number of hydrogen-bond donors (Lipinski definition) is 1. The van der Waals surface area contributed by atoms with Crippen molar-refractivity contribution in [3.8, 4) is 5.75 Å². The summed E-state index contributed by atoms with van der Waals surface area (Å²) in [5, 5.41) is 9.78. The number of ether oxygens (including phenoxy) is 1. The summed E-state index contributed by atoms with van der Waals surface area (Å²) in [5.41, 5.74) is 0.439. The average Bonchev–Trinajstić information content (AvgIpc) is 2.59. The molecule has 1 heterocycles. The zero-order valence-electron chi connectivity index (χ0n) is 7.78. The van der Waals surface area contributed by atoms with Gasteiger partial charge in [-0.25, -0.2) is 4.79 Å². The van der Waals surface area contributed by atoms with Gasteiger partial charge >= 0.3 is 5.97 Å². The van der Waals surface area contributed by atoms with Crippen molar-refractivity contribution in [2.45, 2.75) is 0 Å². The van der Waals surface area contributed by atoms with Gasteiger partial charge in [0.25, 0.3) is 0 Å². The number of carboxylic acids is 1. The normalized spacial score (nSPS) is 10.5. The van der Waals surface area contributed by atoms with Crippen LogP contribution in [0.25, 0.3) is 11.0 Å². The molecule has 2 rings (SSSR count). The second kappa shape index (κ2) is 3.47. The predicted molar refractivity (Wildman–Crippen MR) is 54.7 cm³/mol. The maximum absolute atomic E-state index is 10.7. The van der Waals surface area contributed by atoms with E-state index in [1.54, 1.807) is 12.1 Å². The van der Waals surface area contributed by atoms with Crippen LogP contribution in [0, 0.1) is 0 Å². The molecule has 4 nitrogen and oxygen atoms in total. The Morgan fingerprint density at radius 2 is 2.20 bits per heavy atom. The Kier molecular flexibility index (Phi) is 2.28. The molecule has 1 N–H and O–H groups in total. The minimum absolute atomic E-state index is 0.116. The van der Waals surface area contributed by atoms with Crippen molar-refractivity contribution in [1.29, 1.82) is 0 Å². The maximum atomic E-state index is 10.7. The monoisotopic (exact) mass is 226 g/mol. The van der Waals surface area contributed by atoms with E-state index in [0.29, 0.717) is 21.7 Å². The topological polar surface area (TPSA) is 59.7 Å². The second-order valence-corrected chi connectivity index (χ2v) is 3.35. The van der Waals surface area contributed by atoms with Gasteiger partial charge in [-0.1, -0.05) is 11.6 Å². The van der Waals surface area contributed by atoms with E-state index < -0.39 is 5.97 Å². The van der Waals surface area contributed by atoms with E-state index in [2.05, 4.69) is 0 Å². The molecule has 0 aliphatic carbocycles. The first-order chi connectivity index (χ1) is 7.11. The molecule has 78 valence electrons. The second-order valence-electron chi connectivity index (χ2n) is 2.94.